The Hall–Kier alpha value is -1.70. The van der Waals surface area contributed by atoms with Crippen LogP contribution in [0.2, 0.25) is 0 Å². The normalized spacial score (nSPS) is 20.7. The van der Waals surface area contributed by atoms with Crippen LogP contribution in [0.15, 0.2) is 24.3 Å². The molecule has 154 valence electrons. The number of ether oxygens (including phenoxy) is 1. The van der Waals surface area contributed by atoms with Crippen molar-refractivity contribution < 1.29 is 9.53 Å². The lowest BCUT2D eigenvalue weighted by Gasteiger charge is -2.44. The summed E-state index contributed by atoms with van der Waals surface area (Å²) in [7, 11) is 0. The second kappa shape index (κ2) is 9.67. The first-order valence-electron chi connectivity index (χ1n) is 10.3. The summed E-state index contributed by atoms with van der Waals surface area (Å²) < 4.78 is 5.16. The molecule has 7 heteroatoms. The van der Waals surface area contributed by atoms with Crippen molar-refractivity contribution in [1.82, 2.24) is 9.80 Å². The van der Waals surface area contributed by atoms with Gasteiger partial charge in [0.05, 0.1) is 6.61 Å². The Morgan fingerprint density at radius 1 is 1.14 bits per heavy atom. The molecule has 0 aliphatic carbocycles. The average Bonchev–Trinajstić information content (AvgIpc) is 2.74. The Kier molecular flexibility index (Phi) is 7.26. The second-order valence-electron chi connectivity index (χ2n) is 7.63. The predicted octanol–water partition coefficient (Wildman–Crippen LogP) is 1.86. The lowest BCUT2D eigenvalue weighted by Crippen LogP contribution is -2.54. The molecule has 0 radical (unpaired) electrons. The molecule has 0 saturated carbocycles. The number of benzene rings is 1. The van der Waals surface area contributed by atoms with Crippen molar-refractivity contribution in [3.8, 4) is 0 Å². The van der Waals surface area contributed by atoms with Crippen molar-refractivity contribution in [3.63, 3.8) is 0 Å². The van der Waals surface area contributed by atoms with Crippen molar-refractivity contribution in [2.75, 3.05) is 50.8 Å². The number of piperazine rings is 1. The standard InChI is InChI=1S/C21H32N4O2S/c1-3-27-21(26)16(2)23-10-8-19(9-11-23)25-14-12-24(13-15-25)18-6-4-17(5-7-18)20(22)28/h4-7,16,19H,3,8-15H2,1-2H3,(H2,22,28). The molecule has 0 spiro atoms. The van der Waals surface area contributed by atoms with E-state index in [0.717, 1.165) is 57.7 Å². The first-order chi connectivity index (χ1) is 13.5. The molecule has 2 N–H and O–H groups in total. The Labute approximate surface area is 173 Å². The molecule has 2 heterocycles. The van der Waals surface area contributed by atoms with Crippen molar-refractivity contribution in [2.45, 2.75) is 38.8 Å². The van der Waals surface area contributed by atoms with Gasteiger partial charge in [-0.15, -0.1) is 0 Å². The number of piperidine rings is 1. The third-order valence-corrected chi connectivity index (χ3v) is 6.26. The highest BCUT2D eigenvalue weighted by molar-refractivity contribution is 7.80. The van der Waals surface area contributed by atoms with Crippen LogP contribution in [-0.4, -0.2) is 78.7 Å². The van der Waals surface area contributed by atoms with E-state index in [1.165, 1.54) is 5.69 Å². The zero-order valence-electron chi connectivity index (χ0n) is 17.0. The molecular formula is C21H32N4O2S. The lowest BCUT2D eigenvalue weighted by atomic mass is 10.0. The third kappa shape index (κ3) is 5.01. The number of thiocarbonyl (C=S) groups is 1. The van der Waals surface area contributed by atoms with Crippen LogP contribution in [0.5, 0.6) is 0 Å². The highest BCUT2D eigenvalue weighted by Gasteiger charge is 2.31. The molecule has 1 aromatic carbocycles. The molecule has 1 atom stereocenters. The largest absolute Gasteiger partial charge is 0.465 e. The van der Waals surface area contributed by atoms with Crippen LogP contribution in [0.1, 0.15) is 32.3 Å². The zero-order chi connectivity index (χ0) is 20.1. The molecule has 2 aliphatic rings. The van der Waals surface area contributed by atoms with Gasteiger partial charge < -0.3 is 15.4 Å². The van der Waals surface area contributed by atoms with Crippen LogP contribution in [0.4, 0.5) is 5.69 Å². The first kappa shape index (κ1) is 21.0. The predicted molar refractivity (Wildman–Crippen MR) is 117 cm³/mol. The van der Waals surface area contributed by atoms with Gasteiger partial charge in [-0.2, -0.15) is 0 Å². The number of likely N-dealkylation sites (tertiary alicyclic amines) is 1. The van der Waals surface area contributed by atoms with E-state index in [-0.39, 0.29) is 12.0 Å². The van der Waals surface area contributed by atoms with Gasteiger partial charge in [0.15, 0.2) is 0 Å². The summed E-state index contributed by atoms with van der Waals surface area (Å²) in [6.07, 6.45) is 2.23. The number of hydrogen-bond donors (Lipinski definition) is 1. The van der Waals surface area contributed by atoms with Gasteiger partial charge in [0.1, 0.15) is 11.0 Å². The maximum atomic E-state index is 12.0. The summed E-state index contributed by atoms with van der Waals surface area (Å²) in [5, 5.41) is 0. The molecule has 1 unspecified atom stereocenters. The van der Waals surface area contributed by atoms with Gasteiger partial charge in [-0.3, -0.25) is 14.6 Å². The van der Waals surface area contributed by atoms with Crippen molar-refractivity contribution >= 4 is 28.9 Å². The summed E-state index contributed by atoms with van der Waals surface area (Å²) in [5.41, 5.74) is 7.84. The summed E-state index contributed by atoms with van der Waals surface area (Å²) in [6.45, 7) is 10.4. The van der Waals surface area contributed by atoms with E-state index in [2.05, 4.69) is 26.8 Å². The van der Waals surface area contributed by atoms with E-state index in [0.29, 0.717) is 17.6 Å². The number of nitrogens with zero attached hydrogens (tertiary/aromatic N) is 3. The van der Waals surface area contributed by atoms with Crippen LogP contribution < -0.4 is 10.6 Å². The number of esters is 1. The number of anilines is 1. The van der Waals surface area contributed by atoms with Crippen LogP contribution >= 0.6 is 12.2 Å². The van der Waals surface area contributed by atoms with Crippen molar-refractivity contribution in [3.05, 3.63) is 29.8 Å². The Bertz CT molecular complexity index is 665. The minimum absolute atomic E-state index is 0.101. The highest BCUT2D eigenvalue weighted by atomic mass is 32.1. The Morgan fingerprint density at radius 2 is 1.75 bits per heavy atom. The van der Waals surface area contributed by atoms with Gasteiger partial charge in [0.25, 0.3) is 0 Å². The van der Waals surface area contributed by atoms with Gasteiger partial charge in [-0.05, 0) is 51.0 Å². The van der Waals surface area contributed by atoms with Crippen LogP contribution in [-0.2, 0) is 9.53 Å². The summed E-state index contributed by atoms with van der Waals surface area (Å²) in [6, 6.07) is 8.71. The molecule has 2 aliphatic heterocycles. The fourth-order valence-electron chi connectivity index (χ4n) is 4.23. The molecule has 0 aromatic heterocycles. The highest BCUT2D eigenvalue weighted by Crippen LogP contribution is 2.23. The SMILES string of the molecule is CCOC(=O)C(C)N1CCC(N2CCN(c3ccc(C(N)=S)cc3)CC2)CC1. The molecule has 0 bridgehead atoms. The third-order valence-electron chi connectivity index (χ3n) is 6.02. The summed E-state index contributed by atoms with van der Waals surface area (Å²) >= 11 is 5.03. The van der Waals surface area contributed by atoms with Crippen LogP contribution in [0, 0.1) is 0 Å². The van der Waals surface area contributed by atoms with Gasteiger partial charge >= 0.3 is 5.97 Å². The minimum atomic E-state index is -0.137. The maximum absolute atomic E-state index is 12.0. The van der Waals surface area contributed by atoms with Gasteiger partial charge in [-0.25, -0.2) is 0 Å². The molecule has 2 fully saturated rings. The molecule has 2 saturated heterocycles. The lowest BCUT2D eigenvalue weighted by molar-refractivity contribution is -0.149. The monoisotopic (exact) mass is 404 g/mol. The number of carbonyl (C=O) groups excluding carboxylic acids is 1. The quantitative estimate of drug-likeness (QED) is 0.574. The van der Waals surface area contributed by atoms with E-state index in [9.17, 15) is 4.79 Å². The van der Waals surface area contributed by atoms with E-state index >= 15 is 0 Å². The van der Waals surface area contributed by atoms with Crippen molar-refractivity contribution in [2.24, 2.45) is 5.73 Å². The zero-order valence-corrected chi connectivity index (χ0v) is 17.8. The molecule has 28 heavy (non-hydrogen) atoms. The van der Waals surface area contributed by atoms with E-state index in [1.807, 2.05) is 26.0 Å². The molecule has 3 rings (SSSR count). The number of nitrogens with two attached hydrogens (primary N) is 1. The smallest absolute Gasteiger partial charge is 0.323 e. The molecule has 6 nitrogen and oxygen atoms in total. The topological polar surface area (TPSA) is 62.0 Å². The van der Waals surface area contributed by atoms with Crippen LogP contribution in [0.3, 0.4) is 0 Å². The molecule has 1 aromatic rings. The number of hydrogen-bond acceptors (Lipinski definition) is 6. The van der Waals surface area contributed by atoms with Crippen molar-refractivity contribution in [1.29, 1.82) is 0 Å². The molecular weight excluding hydrogens is 372 g/mol. The van der Waals surface area contributed by atoms with Gasteiger partial charge in [0.2, 0.25) is 0 Å². The maximum Gasteiger partial charge on any atom is 0.323 e. The second-order valence-corrected chi connectivity index (χ2v) is 8.07. The van der Waals surface area contributed by atoms with Crippen LogP contribution in [0.25, 0.3) is 0 Å². The van der Waals surface area contributed by atoms with E-state index in [4.69, 9.17) is 22.7 Å². The summed E-state index contributed by atoms with van der Waals surface area (Å²) in [5.74, 6) is -0.101. The number of carbonyl (C=O) groups is 1. The average molecular weight is 405 g/mol. The fraction of sp³-hybridized carbons (Fsp3) is 0.619. The Balaban J connectivity index is 1.46. The first-order valence-corrected chi connectivity index (χ1v) is 10.7. The Morgan fingerprint density at radius 3 is 2.29 bits per heavy atom. The van der Waals surface area contributed by atoms with Gasteiger partial charge in [-0.1, -0.05) is 12.2 Å². The minimum Gasteiger partial charge on any atom is -0.465 e. The molecule has 0 amide bonds. The van der Waals surface area contributed by atoms with Gasteiger partial charge in [0, 0.05) is 56.6 Å². The van der Waals surface area contributed by atoms with E-state index < -0.39 is 0 Å². The summed E-state index contributed by atoms with van der Waals surface area (Å²) in [4.78, 5) is 19.7. The number of rotatable bonds is 6. The fourth-order valence-corrected chi connectivity index (χ4v) is 4.37. The van der Waals surface area contributed by atoms with E-state index in [1.54, 1.807) is 0 Å².